The molecule has 0 radical (unpaired) electrons. The van der Waals surface area contributed by atoms with Gasteiger partial charge in [0.05, 0.1) is 10.7 Å². The lowest BCUT2D eigenvalue weighted by molar-refractivity contribution is -0.383. The van der Waals surface area contributed by atoms with E-state index in [9.17, 15) is 18.5 Å². The number of sulfonamides is 1. The molecule has 1 aromatic heterocycles. The average molecular weight is 314 g/mol. The summed E-state index contributed by atoms with van der Waals surface area (Å²) in [7, 11) is -3.34. The molecule has 1 heterocycles. The number of hydrogen-bond acceptors (Lipinski definition) is 7. The Hall–Kier alpha value is -2.20. The maximum atomic E-state index is 11.4. The summed E-state index contributed by atoms with van der Waals surface area (Å²) in [4.78, 5) is 14.3. The fourth-order valence-electron chi connectivity index (χ4n) is 1.74. The Morgan fingerprint density at radius 1 is 1.43 bits per heavy atom. The standard InChI is InChI=1S/C11H14N4O5S/c1-2-13-21(18,19)7-6-12-11-14-10-8(15(16)17)4-3-5-9(10)20-11/h3-5,13H,2,6-7H2,1H3,(H,12,14). The minimum Gasteiger partial charge on any atom is -0.423 e. The molecule has 0 aliphatic heterocycles. The van der Waals surface area contributed by atoms with E-state index in [0.717, 1.165) is 0 Å². The summed E-state index contributed by atoms with van der Waals surface area (Å²) in [5.74, 6) is -0.151. The highest BCUT2D eigenvalue weighted by Crippen LogP contribution is 2.27. The fourth-order valence-corrected chi connectivity index (χ4v) is 2.70. The summed E-state index contributed by atoms with van der Waals surface area (Å²) in [6, 6.07) is 4.41. The number of hydrogen-bond donors (Lipinski definition) is 2. The summed E-state index contributed by atoms with van der Waals surface area (Å²) >= 11 is 0. The molecule has 0 fully saturated rings. The summed E-state index contributed by atoms with van der Waals surface area (Å²) in [5.41, 5.74) is 0.227. The van der Waals surface area contributed by atoms with Gasteiger partial charge in [-0.2, -0.15) is 4.98 Å². The molecule has 2 rings (SSSR count). The van der Waals surface area contributed by atoms with Crippen LogP contribution in [0.1, 0.15) is 6.92 Å². The van der Waals surface area contributed by atoms with Crippen molar-refractivity contribution < 1.29 is 17.8 Å². The van der Waals surface area contributed by atoms with E-state index in [4.69, 9.17) is 4.42 Å². The normalized spacial score (nSPS) is 11.7. The van der Waals surface area contributed by atoms with E-state index < -0.39 is 14.9 Å². The largest absolute Gasteiger partial charge is 0.423 e. The third-order valence-corrected chi connectivity index (χ3v) is 4.08. The zero-order chi connectivity index (χ0) is 15.5. The Morgan fingerprint density at radius 2 is 2.19 bits per heavy atom. The second kappa shape index (κ2) is 6.06. The molecule has 2 aromatic rings. The van der Waals surface area contributed by atoms with Crippen molar-refractivity contribution in [3.8, 4) is 0 Å². The van der Waals surface area contributed by atoms with Gasteiger partial charge >= 0.3 is 0 Å². The van der Waals surface area contributed by atoms with E-state index in [1.165, 1.54) is 12.1 Å². The molecule has 0 amide bonds. The van der Waals surface area contributed by atoms with Crippen molar-refractivity contribution >= 4 is 32.8 Å². The first-order chi connectivity index (χ1) is 9.93. The number of rotatable bonds is 7. The Bertz CT molecular complexity index is 755. The number of non-ortho nitro benzene ring substituents is 1. The molecule has 0 aliphatic rings. The van der Waals surface area contributed by atoms with Gasteiger partial charge < -0.3 is 9.73 Å². The minimum atomic E-state index is -3.34. The Morgan fingerprint density at radius 3 is 2.86 bits per heavy atom. The summed E-state index contributed by atoms with van der Waals surface area (Å²) in [6.07, 6.45) is 0. The zero-order valence-electron chi connectivity index (χ0n) is 11.2. The van der Waals surface area contributed by atoms with Crippen molar-refractivity contribution in [3.63, 3.8) is 0 Å². The Balaban J connectivity index is 2.10. The number of fused-ring (bicyclic) bond motifs is 1. The molecule has 0 spiro atoms. The predicted molar refractivity (Wildman–Crippen MR) is 76.6 cm³/mol. The molecule has 2 N–H and O–H groups in total. The monoisotopic (exact) mass is 314 g/mol. The number of nitro benzene ring substituents is 1. The highest BCUT2D eigenvalue weighted by atomic mass is 32.2. The molecule has 21 heavy (non-hydrogen) atoms. The molecule has 0 aliphatic carbocycles. The van der Waals surface area contributed by atoms with Crippen LogP contribution in [0.5, 0.6) is 0 Å². The molecule has 114 valence electrons. The van der Waals surface area contributed by atoms with Crippen LogP contribution in [-0.4, -0.2) is 37.2 Å². The van der Waals surface area contributed by atoms with E-state index in [-0.39, 0.29) is 35.1 Å². The predicted octanol–water partition coefficient (Wildman–Crippen LogP) is 1.09. The van der Waals surface area contributed by atoms with Crippen molar-refractivity contribution in [1.29, 1.82) is 0 Å². The number of oxazole rings is 1. The number of nitrogens with zero attached hydrogens (tertiary/aromatic N) is 2. The van der Waals surface area contributed by atoms with Crippen LogP contribution < -0.4 is 10.0 Å². The van der Waals surface area contributed by atoms with Crippen LogP contribution in [-0.2, 0) is 10.0 Å². The quantitative estimate of drug-likeness (QED) is 0.578. The van der Waals surface area contributed by atoms with Crippen molar-refractivity contribution in [2.75, 3.05) is 24.2 Å². The molecule has 0 atom stereocenters. The number of anilines is 1. The van der Waals surface area contributed by atoms with Crippen molar-refractivity contribution in [3.05, 3.63) is 28.3 Å². The lowest BCUT2D eigenvalue weighted by Crippen LogP contribution is -2.29. The van der Waals surface area contributed by atoms with Gasteiger partial charge in [-0.25, -0.2) is 13.1 Å². The fraction of sp³-hybridized carbons (Fsp3) is 0.364. The van der Waals surface area contributed by atoms with E-state index in [2.05, 4.69) is 15.0 Å². The van der Waals surface area contributed by atoms with Gasteiger partial charge in [0.2, 0.25) is 10.0 Å². The summed E-state index contributed by atoms with van der Waals surface area (Å²) < 4.78 is 30.5. The second-order valence-corrected chi connectivity index (χ2v) is 6.07. The van der Waals surface area contributed by atoms with Crippen LogP contribution in [0.4, 0.5) is 11.7 Å². The van der Waals surface area contributed by atoms with Gasteiger partial charge in [-0.15, -0.1) is 0 Å². The molecule has 10 heteroatoms. The van der Waals surface area contributed by atoms with Gasteiger partial charge in [0, 0.05) is 19.2 Å². The molecule has 1 aromatic carbocycles. The summed E-state index contributed by atoms with van der Waals surface area (Å²) in [5, 5.41) is 13.6. The van der Waals surface area contributed by atoms with E-state index >= 15 is 0 Å². The van der Waals surface area contributed by atoms with Crippen molar-refractivity contribution in [1.82, 2.24) is 9.71 Å². The molecular formula is C11H14N4O5S. The Kier molecular flexibility index (Phi) is 4.38. The minimum absolute atomic E-state index is 0.0472. The van der Waals surface area contributed by atoms with Gasteiger partial charge in [-0.05, 0) is 6.07 Å². The number of nitro groups is 1. The van der Waals surface area contributed by atoms with Crippen molar-refractivity contribution in [2.24, 2.45) is 0 Å². The maximum Gasteiger partial charge on any atom is 0.298 e. The lowest BCUT2D eigenvalue weighted by atomic mass is 10.3. The third-order valence-electron chi connectivity index (χ3n) is 2.61. The highest BCUT2D eigenvalue weighted by Gasteiger charge is 2.17. The van der Waals surface area contributed by atoms with E-state index in [1.54, 1.807) is 13.0 Å². The van der Waals surface area contributed by atoms with Gasteiger partial charge in [0.15, 0.2) is 11.1 Å². The summed E-state index contributed by atoms with van der Waals surface area (Å²) in [6.45, 7) is 2.08. The Labute approximate surface area is 120 Å². The van der Waals surface area contributed by atoms with E-state index in [0.29, 0.717) is 6.54 Å². The second-order valence-electron chi connectivity index (χ2n) is 4.14. The van der Waals surface area contributed by atoms with Gasteiger partial charge in [-0.1, -0.05) is 13.0 Å². The smallest absolute Gasteiger partial charge is 0.298 e. The zero-order valence-corrected chi connectivity index (χ0v) is 12.0. The van der Waals surface area contributed by atoms with Gasteiger partial charge in [0.1, 0.15) is 0 Å². The van der Waals surface area contributed by atoms with Crippen LogP contribution in [0, 0.1) is 10.1 Å². The number of nitrogens with one attached hydrogen (secondary N) is 2. The topological polar surface area (TPSA) is 127 Å². The first kappa shape index (κ1) is 15.2. The van der Waals surface area contributed by atoms with Crippen LogP contribution in [0.2, 0.25) is 0 Å². The molecule has 0 saturated heterocycles. The molecule has 0 saturated carbocycles. The highest BCUT2D eigenvalue weighted by molar-refractivity contribution is 7.89. The lowest BCUT2D eigenvalue weighted by Gasteiger charge is -2.04. The number of aromatic nitrogens is 1. The third kappa shape index (κ3) is 3.67. The molecule has 0 unspecified atom stereocenters. The van der Waals surface area contributed by atoms with Crippen LogP contribution in [0.25, 0.3) is 11.1 Å². The van der Waals surface area contributed by atoms with Crippen molar-refractivity contribution in [2.45, 2.75) is 6.92 Å². The van der Waals surface area contributed by atoms with Crippen LogP contribution >= 0.6 is 0 Å². The van der Waals surface area contributed by atoms with Crippen LogP contribution in [0.15, 0.2) is 22.6 Å². The average Bonchev–Trinajstić information content (AvgIpc) is 2.80. The molecule has 9 nitrogen and oxygen atoms in total. The SMILES string of the molecule is CCNS(=O)(=O)CCNc1nc2c([N+](=O)[O-])cccc2o1. The van der Waals surface area contributed by atoms with Gasteiger partial charge in [0.25, 0.3) is 11.7 Å². The first-order valence-electron chi connectivity index (χ1n) is 6.18. The number of para-hydroxylation sites is 1. The number of benzene rings is 1. The maximum absolute atomic E-state index is 11.4. The first-order valence-corrected chi connectivity index (χ1v) is 7.83. The van der Waals surface area contributed by atoms with Crippen LogP contribution in [0.3, 0.4) is 0 Å². The molecule has 0 bridgehead atoms. The molecular weight excluding hydrogens is 300 g/mol. The van der Waals surface area contributed by atoms with Gasteiger partial charge in [-0.3, -0.25) is 10.1 Å². The van der Waals surface area contributed by atoms with E-state index in [1.807, 2.05) is 0 Å².